The number of anilines is 1. The average Bonchev–Trinajstić information content (AvgIpc) is 2.72. The number of H-pyrrole nitrogens is 1. The molecule has 96 valence electrons. The molecule has 3 nitrogen and oxygen atoms in total. The minimum Gasteiger partial charge on any atom is -0.398 e. The van der Waals surface area contributed by atoms with Crippen molar-refractivity contribution in [1.29, 1.82) is 0 Å². The summed E-state index contributed by atoms with van der Waals surface area (Å²) in [7, 11) is 0. The molecule has 0 aliphatic rings. The zero-order chi connectivity index (χ0) is 13.6. The first-order valence-electron chi connectivity index (χ1n) is 5.45. The van der Waals surface area contributed by atoms with Crippen LogP contribution in [0.5, 0.6) is 0 Å². The van der Waals surface area contributed by atoms with Gasteiger partial charge in [-0.05, 0) is 18.2 Å². The van der Waals surface area contributed by atoms with E-state index in [1.807, 2.05) is 0 Å². The van der Waals surface area contributed by atoms with E-state index in [9.17, 15) is 13.2 Å². The molecule has 0 radical (unpaired) electrons. The molecule has 0 bridgehead atoms. The molecule has 0 saturated carbocycles. The van der Waals surface area contributed by atoms with E-state index in [4.69, 9.17) is 5.73 Å². The van der Waals surface area contributed by atoms with E-state index in [0.29, 0.717) is 0 Å². The highest BCUT2D eigenvalue weighted by molar-refractivity contribution is 5.83. The fourth-order valence-corrected chi connectivity index (χ4v) is 1.95. The Hall–Kier alpha value is -2.50. The Bertz CT molecular complexity index is 760. The smallest absolute Gasteiger partial charge is 0.153 e. The maximum absolute atomic E-state index is 13.7. The summed E-state index contributed by atoms with van der Waals surface area (Å²) >= 11 is 0. The number of imidazole rings is 1. The number of aromatic nitrogens is 2. The van der Waals surface area contributed by atoms with Crippen molar-refractivity contribution in [2.75, 3.05) is 5.73 Å². The number of nitrogens with one attached hydrogen (secondary N) is 1. The Balaban J connectivity index is 2.30. The van der Waals surface area contributed by atoms with Gasteiger partial charge in [0, 0.05) is 11.8 Å². The molecule has 1 aromatic heterocycles. The molecular formula is C13H8F3N3. The lowest BCUT2D eigenvalue weighted by molar-refractivity contribution is 0.590. The number of nitrogens with two attached hydrogens (primary N) is 1. The second kappa shape index (κ2) is 4.01. The van der Waals surface area contributed by atoms with Crippen LogP contribution in [0.1, 0.15) is 0 Å². The van der Waals surface area contributed by atoms with Crippen molar-refractivity contribution in [1.82, 2.24) is 9.97 Å². The monoisotopic (exact) mass is 263 g/mol. The predicted octanol–water partition coefficient (Wildman–Crippen LogP) is 3.23. The van der Waals surface area contributed by atoms with Crippen molar-refractivity contribution >= 4 is 16.7 Å². The van der Waals surface area contributed by atoms with E-state index in [1.54, 1.807) is 0 Å². The molecule has 0 amide bonds. The number of nitrogens with zero attached hydrogens (tertiary/aromatic N) is 1. The van der Waals surface area contributed by atoms with E-state index in [1.165, 1.54) is 18.2 Å². The molecule has 3 N–H and O–H groups in total. The highest BCUT2D eigenvalue weighted by Crippen LogP contribution is 2.29. The summed E-state index contributed by atoms with van der Waals surface area (Å²) in [6.45, 7) is 0. The molecular weight excluding hydrogens is 255 g/mol. The van der Waals surface area contributed by atoms with Gasteiger partial charge >= 0.3 is 0 Å². The van der Waals surface area contributed by atoms with Crippen LogP contribution in [0.4, 0.5) is 18.9 Å². The summed E-state index contributed by atoms with van der Waals surface area (Å²) in [5.74, 6) is -2.07. The first kappa shape index (κ1) is 11.6. The third-order valence-corrected chi connectivity index (χ3v) is 2.79. The maximum Gasteiger partial charge on any atom is 0.153 e. The number of nitrogen functional groups attached to an aromatic ring is 1. The van der Waals surface area contributed by atoms with Gasteiger partial charge < -0.3 is 10.7 Å². The minimum atomic E-state index is -0.813. The van der Waals surface area contributed by atoms with Crippen molar-refractivity contribution < 1.29 is 13.2 Å². The van der Waals surface area contributed by atoms with Gasteiger partial charge in [-0.2, -0.15) is 0 Å². The van der Waals surface area contributed by atoms with Crippen LogP contribution in [0.25, 0.3) is 22.4 Å². The van der Waals surface area contributed by atoms with Gasteiger partial charge in [0.2, 0.25) is 0 Å². The number of aromatic amines is 1. The Kier molecular flexibility index (Phi) is 2.45. The van der Waals surface area contributed by atoms with Gasteiger partial charge in [0.25, 0.3) is 0 Å². The van der Waals surface area contributed by atoms with Crippen LogP contribution >= 0.6 is 0 Å². The minimum absolute atomic E-state index is 0.0403. The molecule has 6 heteroatoms. The lowest BCUT2D eigenvalue weighted by atomic mass is 10.1. The van der Waals surface area contributed by atoms with Gasteiger partial charge in [-0.3, -0.25) is 0 Å². The van der Waals surface area contributed by atoms with Crippen LogP contribution < -0.4 is 5.73 Å². The Labute approximate surface area is 105 Å². The number of rotatable bonds is 1. The molecule has 0 atom stereocenters. The van der Waals surface area contributed by atoms with Gasteiger partial charge in [-0.1, -0.05) is 6.07 Å². The molecule has 19 heavy (non-hydrogen) atoms. The number of benzene rings is 2. The van der Waals surface area contributed by atoms with Gasteiger partial charge in [0.05, 0.1) is 11.1 Å². The average molecular weight is 263 g/mol. The van der Waals surface area contributed by atoms with Crippen molar-refractivity contribution in [2.24, 2.45) is 0 Å². The highest BCUT2D eigenvalue weighted by Gasteiger charge is 2.15. The quantitative estimate of drug-likeness (QED) is 0.662. The summed E-state index contributed by atoms with van der Waals surface area (Å²) < 4.78 is 40.3. The second-order valence-corrected chi connectivity index (χ2v) is 4.07. The second-order valence-electron chi connectivity index (χ2n) is 4.07. The van der Waals surface area contributed by atoms with E-state index < -0.39 is 17.5 Å². The summed E-state index contributed by atoms with van der Waals surface area (Å²) in [6.07, 6.45) is 0. The number of hydrogen-bond acceptors (Lipinski definition) is 2. The Morgan fingerprint density at radius 1 is 1.05 bits per heavy atom. The fourth-order valence-electron chi connectivity index (χ4n) is 1.95. The van der Waals surface area contributed by atoms with E-state index in [-0.39, 0.29) is 28.1 Å². The Morgan fingerprint density at radius 2 is 1.84 bits per heavy atom. The molecule has 3 rings (SSSR count). The molecule has 1 heterocycles. The highest BCUT2D eigenvalue weighted by atomic mass is 19.1. The lowest BCUT2D eigenvalue weighted by Gasteiger charge is -2.02. The molecule has 3 aromatic rings. The van der Waals surface area contributed by atoms with Crippen LogP contribution in [-0.4, -0.2) is 9.97 Å². The number of hydrogen-bond donors (Lipinski definition) is 2. The van der Waals surface area contributed by atoms with Crippen molar-refractivity contribution in [3.63, 3.8) is 0 Å². The number of fused-ring (bicyclic) bond motifs is 1. The summed E-state index contributed by atoms with van der Waals surface area (Å²) in [4.78, 5) is 6.59. The van der Waals surface area contributed by atoms with Crippen molar-refractivity contribution in [3.05, 3.63) is 47.8 Å². The van der Waals surface area contributed by atoms with Crippen molar-refractivity contribution in [3.8, 4) is 11.4 Å². The molecule has 2 aromatic carbocycles. The molecule has 0 fully saturated rings. The molecule has 0 aliphatic carbocycles. The topological polar surface area (TPSA) is 54.7 Å². The third kappa shape index (κ3) is 1.81. The summed E-state index contributed by atoms with van der Waals surface area (Å²) in [5.41, 5.74) is 5.97. The van der Waals surface area contributed by atoms with Gasteiger partial charge in [0.1, 0.15) is 23.0 Å². The first-order valence-corrected chi connectivity index (χ1v) is 5.45. The van der Waals surface area contributed by atoms with E-state index in [2.05, 4.69) is 9.97 Å². The van der Waals surface area contributed by atoms with Crippen LogP contribution in [0.3, 0.4) is 0 Å². The molecule has 0 unspecified atom stereocenters. The van der Waals surface area contributed by atoms with E-state index >= 15 is 0 Å². The SMILES string of the molecule is Nc1cccc(F)c1-c1nc2c(F)cc(F)cc2[nH]1. The van der Waals surface area contributed by atoms with Gasteiger partial charge in [-0.15, -0.1) is 0 Å². The zero-order valence-corrected chi connectivity index (χ0v) is 9.55. The normalized spacial score (nSPS) is 11.1. The van der Waals surface area contributed by atoms with Gasteiger partial charge in [-0.25, -0.2) is 18.2 Å². The van der Waals surface area contributed by atoms with E-state index in [0.717, 1.165) is 12.1 Å². The molecule has 0 spiro atoms. The third-order valence-electron chi connectivity index (χ3n) is 2.79. The standard InChI is InChI=1S/C13H8F3N3/c14-6-4-8(16)12-10(5-6)18-13(19-12)11-7(15)2-1-3-9(11)17/h1-5H,17H2,(H,18,19). The predicted molar refractivity (Wildman–Crippen MR) is 65.8 cm³/mol. The fraction of sp³-hybridized carbons (Fsp3) is 0. The van der Waals surface area contributed by atoms with Crippen LogP contribution in [0.15, 0.2) is 30.3 Å². The van der Waals surface area contributed by atoms with Crippen LogP contribution in [0, 0.1) is 17.5 Å². The molecule has 0 aliphatic heterocycles. The zero-order valence-electron chi connectivity index (χ0n) is 9.55. The summed E-state index contributed by atoms with van der Waals surface area (Å²) in [5, 5.41) is 0. The Morgan fingerprint density at radius 3 is 2.58 bits per heavy atom. The van der Waals surface area contributed by atoms with Crippen LogP contribution in [0.2, 0.25) is 0 Å². The largest absolute Gasteiger partial charge is 0.398 e. The van der Waals surface area contributed by atoms with Crippen molar-refractivity contribution in [2.45, 2.75) is 0 Å². The first-order chi connectivity index (χ1) is 9.06. The number of halogens is 3. The summed E-state index contributed by atoms with van der Waals surface area (Å²) in [6, 6.07) is 5.99. The van der Waals surface area contributed by atoms with Crippen LogP contribution in [-0.2, 0) is 0 Å². The maximum atomic E-state index is 13.7. The molecule has 0 saturated heterocycles. The lowest BCUT2D eigenvalue weighted by Crippen LogP contribution is -1.94. The van der Waals surface area contributed by atoms with Gasteiger partial charge in [0.15, 0.2) is 5.82 Å².